The molecule has 0 N–H and O–H groups in total. The molecule has 10 heteroatoms. The molecule has 9 nitrogen and oxygen atoms in total. The van der Waals surface area contributed by atoms with Gasteiger partial charge in [-0.1, -0.05) is 11.2 Å². The van der Waals surface area contributed by atoms with E-state index in [1.54, 1.807) is 34.2 Å². The second-order valence-electron chi connectivity index (χ2n) is 8.36. The summed E-state index contributed by atoms with van der Waals surface area (Å²) in [4.78, 5) is 19.3. The number of nitrogens with zero attached hydrogens (tertiary/aromatic N) is 6. The average molecular weight is 462 g/mol. The number of aryl methyl sites for hydroxylation is 2. The van der Waals surface area contributed by atoms with Gasteiger partial charge in [0.1, 0.15) is 11.9 Å². The lowest BCUT2D eigenvalue weighted by molar-refractivity contribution is -0.132. The van der Waals surface area contributed by atoms with Crippen LogP contribution in [0.1, 0.15) is 28.4 Å². The van der Waals surface area contributed by atoms with Gasteiger partial charge in [0.15, 0.2) is 0 Å². The second-order valence-corrected chi connectivity index (χ2v) is 8.36. The zero-order valence-corrected chi connectivity index (χ0v) is 18.8. The third kappa shape index (κ3) is 4.19. The lowest BCUT2D eigenvalue weighted by atomic mass is 9.96. The van der Waals surface area contributed by atoms with Crippen molar-refractivity contribution in [3.05, 3.63) is 77.2 Å². The van der Waals surface area contributed by atoms with Crippen LogP contribution in [0.25, 0.3) is 17.1 Å². The summed E-state index contributed by atoms with van der Waals surface area (Å²) in [5, 5.41) is 12.3. The quantitative estimate of drug-likeness (QED) is 0.406. The van der Waals surface area contributed by atoms with Crippen LogP contribution in [-0.2, 0) is 16.0 Å². The monoisotopic (exact) mass is 462 g/mol. The van der Waals surface area contributed by atoms with Crippen molar-refractivity contribution >= 4 is 6.41 Å². The van der Waals surface area contributed by atoms with Crippen LogP contribution in [0.15, 0.2) is 53.6 Å². The normalized spacial score (nSPS) is 18.3. The predicted molar refractivity (Wildman–Crippen MR) is 119 cm³/mol. The number of aromatic nitrogens is 5. The van der Waals surface area contributed by atoms with Gasteiger partial charge in [-0.15, -0.1) is 0 Å². The van der Waals surface area contributed by atoms with Crippen molar-refractivity contribution in [2.24, 2.45) is 0 Å². The fourth-order valence-electron chi connectivity index (χ4n) is 4.23. The van der Waals surface area contributed by atoms with Crippen LogP contribution in [0.5, 0.6) is 0 Å². The molecule has 2 atom stereocenters. The summed E-state index contributed by atoms with van der Waals surface area (Å²) in [5.74, 6) is 0.0179. The number of benzene rings is 2. The van der Waals surface area contributed by atoms with Gasteiger partial charge in [-0.3, -0.25) is 4.79 Å². The van der Waals surface area contributed by atoms with Crippen molar-refractivity contribution in [2.45, 2.75) is 32.4 Å². The van der Waals surface area contributed by atoms with Crippen molar-refractivity contribution in [2.75, 3.05) is 13.2 Å². The van der Waals surface area contributed by atoms with E-state index in [0.717, 1.165) is 28.8 Å². The Kier molecular flexibility index (Phi) is 5.89. The van der Waals surface area contributed by atoms with E-state index in [-0.39, 0.29) is 24.6 Å². The summed E-state index contributed by atoms with van der Waals surface area (Å²) in [6.07, 6.45) is 5.19. The first-order chi connectivity index (χ1) is 16.5. The Labute approximate surface area is 195 Å². The molecule has 2 aromatic heterocycles. The fourth-order valence-corrected chi connectivity index (χ4v) is 4.23. The number of halogens is 1. The Morgan fingerprint density at radius 3 is 2.68 bits per heavy atom. The number of ether oxygens (including phenoxy) is 1. The highest BCUT2D eigenvalue weighted by Crippen LogP contribution is 2.32. The molecule has 3 heterocycles. The molecule has 0 radical (unpaired) electrons. The number of amides is 1. The van der Waals surface area contributed by atoms with Crippen LogP contribution < -0.4 is 0 Å². The van der Waals surface area contributed by atoms with E-state index in [2.05, 4.69) is 26.4 Å². The molecule has 0 bridgehead atoms. The molecule has 1 fully saturated rings. The molecular formula is C24H23FN6O3. The van der Waals surface area contributed by atoms with E-state index in [1.165, 1.54) is 12.5 Å². The van der Waals surface area contributed by atoms with Gasteiger partial charge in [0.25, 0.3) is 0 Å². The van der Waals surface area contributed by atoms with Crippen LogP contribution in [0, 0.1) is 19.7 Å². The van der Waals surface area contributed by atoms with Gasteiger partial charge < -0.3 is 14.2 Å². The van der Waals surface area contributed by atoms with Gasteiger partial charge >= 0.3 is 0 Å². The van der Waals surface area contributed by atoms with Crippen LogP contribution in [0.4, 0.5) is 4.39 Å². The summed E-state index contributed by atoms with van der Waals surface area (Å²) < 4.78 is 25.6. The SMILES string of the molecule is Cc1cc(C2CN(C=O)[C@H](Cc3cc(-c4ncon4)ccc3F)CO2)c(-n2nccn2)cc1C. The fraction of sp³-hybridized carbons (Fsp3) is 0.292. The Morgan fingerprint density at radius 2 is 1.94 bits per heavy atom. The van der Waals surface area contributed by atoms with E-state index in [1.807, 2.05) is 19.9 Å². The first-order valence-electron chi connectivity index (χ1n) is 10.9. The van der Waals surface area contributed by atoms with Gasteiger partial charge in [-0.2, -0.15) is 20.0 Å². The third-order valence-corrected chi connectivity index (χ3v) is 6.22. The number of hydrogen-bond acceptors (Lipinski definition) is 7. The first-order valence-corrected chi connectivity index (χ1v) is 10.9. The molecule has 0 aliphatic carbocycles. The van der Waals surface area contributed by atoms with Gasteiger partial charge in [-0.05, 0) is 61.2 Å². The summed E-state index contributed by atoms with van der Waals surface area (Å²) in [7, 11) is 0. The Bertz CT molecular complexity index is 1290. The van der Waals surface area contributed by atoms with E-state index in [4.69, 9.17) is 9.26 Å². The number of carbonyl (C=O) groups excluding carboxylic acids is 1. The van der Waals surface area contributed by atoms with E-state index >= 15 is 0 Å². The Balaban J connectivity index is 1.39. The van der Waals surface area contributed by atoms with Crippen LogP contribution in [-0.4, -0.2) is 55.6 Å². The highest BCUT2D eigenvalue weighted by Gasteiger charge is 2.32. The molecule has 5 rings (SSSR count). The van der Waals surface area contributed by atoms with Crippen LogP contribution in [0.3, 0.4) is 0 Å². The van der Waals surface area contributed by atoms with Gasteiger partial charge in [0.05, 0.1) is 37.3 Å². The molecule has 34 heavy (non-hydrogen) atoms. The lowest BCUT2D eigenvalue weighted by Gasteiger charge is -2.38. The molecule has 1 aliphatic heterocycles. The standard InChI is InChI=1S/C24H23FN6O3/c1-15-7-20(22(8-16(15)2)31-27-5-6-28-31)23-11-30(14-32)19(12-33-23)10-18-9-17(3-4-21(18)25)24-26-13-34-29-24/h3-9,13-14,19,23H,10-12H2,1-2H3/t19-,23?/m1/s1. The van der Waals surface area contributed by atoms with Crippen LogP contribution >= 0.6 is 0 Å². The number of carbonyl (C=O) groups is 1. The van der Waals surface area contributed by atoms with E-state index < -0.39 is 0 Å². The molecule has 2 aromatic carbocycles. The predicted octanol–water partition coefficient (Wildman–Crippen LogP) is 3.21. The Hall–Kier alpha value is -3.92. The molecule has 174 valence electrons. The third-order valence-electron chi connectivity index (χ3n) is 6.22. The maximum Gasteiger partial charge on any atom is 0.214 e. The molecular weight excluding hydrogens is 439 g/mol. The van der Waals surface area contributed by atoms with Crippen molar-refractivity contribution < 1.29 is 18.4 Å². The van der Waals surface area contributed by atoms with Gasteiger partial charge in [0, 0.05) is 11.1 Å². The smallest absolute Gasteiger partial charge is 0.214 e. The van der Waals surface area contributed by atoms with Crippen molar-refractivity contribution in [3.63, 3.8) is 0 Å². The number of morpholine rings is 1. The highest BCUT2D eigenvalue weighted by molar-refractivity contribution is 5.56. The summed E-state index contributed by atoms with van der Waals surface area (Å²) in [6.45, 7) is 4.64. The van der Waals surface area contributed by atoms with Crippen LogP contribution in [0.2, 0.25) is 0 Å². The maximum absolute atomic E-state index is 14.6. The minimum absolute atomic E-state index is 0.258. The van der Waals surface area contributed by atoms with Crippen molar-refractivity contribution in [1.29, 1.82) is 0 Å². The van der Waals surface area contributed by atoms with E-state index in [0.29, 0.717) is 29.9 Å². The van der Waals surface area contributed by atoms with Crippen molar-refractivity contribution in [1.82, 2.24) is 30.0 Å². The molecule has 1 amide bonds. The molecule has 1 saturated heterocycles. The van der Waals surface area contributed by atoms with Gasteiger partial charge in [-0.25, -0.2) is 4.39 Å². The minimum Gasteiger partial charge on any atom is -0.369 e. The summed E-state index contributed by atoms with van der Waals surface area (Å²) in [6, 6.07) is 8.40. The molecule has 4 aromatic rings. The van der Waals surface area contributed by atoms with E-state index in [9.17, 15) is 9.18 Å². The first kappa shape index (κ1) is 21.9. The largest absolute Gasteiger partial charge is 0.369 e. The zero-order valence-electron chi connectivity index (χ0n) is 18.8. The van der Waals surface area contributed by atoms with Crippen molar-refractivity contribution in [3.8, 4) is 17.1 Å². The molecule has 0 saturated carbocycles. The minimum atomic E-state index is -0.364. The highest BCUT2D eigenvalue weighted by atomic mass is 19.1. The average Bonchev–Trinajstić information content (AvgIpc) is 3.57. The molecule has 1 unspecified atom stereocenters. The number of hydrogen-bond donors (Lipinski definition) is 0. The zero-order chi connectivity index (χ0) is 23.7. The van der Waals surface area contributed by atoms with Gasteiger partial charge in [0.2, 0.25) is 18.6 Å². The maximum atomic E-state index is 14.6. The lowest BCUT2D eigenvalue weighted by Crippen LogP contribution is -2.47. The topological polar surface area (TPSA) is 99.2 Å². The molecule has 1 aliphatic rings. The number of rotatable bonds is 6. The molecule has 0 spiro atoms. The summed E-state index contributed by atoms with van der Waals surface area (Å²) >= 11 is 0. The summed E-state index contributed by atoms with van der Waals surface area (Å²) in [5.41, 5.74) is 5.01. The second kappa shape index (κ2) is 9.14. The Morgan fingerprint density at radius 1 is 1.15 bits per heavy atom.